The molecule has 1 aliphatic heterocycles. The number of carbonyl (C=O) groups excluding carboxylic acids is 2. The van der Waals surface area contributed by atoms with Gasteiger partial charge in [-0.15, -0.1) is 0 Å². The summed E-state index contributed by atoms with van der Waals surface area (Å²) in [6.45, 7) is 5.58. The van der Waals surface area contributed by atoms with Crippen molar-refractivity contribution in [1.82, 2.24) is 5.01 Å². The number of phenols is 2. The summed E-state index contributed by atoms with van der Waals surface area (Å²) in [6, 6.07) is 16.7. The highest BCUT2D eigenvalue weighted by molar-refractivity contribution is 6.35. The van der Waals surface area contributed by atoms with Gasteiger partial charge in [-0.05, 0) is 62.2 Å². The van der Waals surface area contributed by atoms with Gasteiger partial charge >= 0.3 is 0 Å². The first kappa shape index (κ1) is 21.1. The lowest BCUT2D eigenvalue weighted by molar-refractivity contribution is -0.112. The molecule has 0 saturated carbocycles. The molecule has 4 N–H and O–H groups in total. The van der Waals surface area contributed by atoms with Crippen LogP contribution in [0.5, 0.6) is 11.5 Å². The molecule has 0 unspecified atom stereocenters. The van der Waals surface area contributed by atoms with Crippen LogP contribution in [0.3, 0.4) is 0 Å². The molecule has 162 valence electrons. The first-order chi connectivity index (χ1) is 15.2. The summed E-state index contributed by atoms with van der Waals surface area (Å²) >= 11 is 0. The minimum atomic E-state index is -0.706. The van der Waals surface area contributed by atoms with E-state index in [0.29, 0.717) is 16.8 Å². The Bertz CT molecular complexity index is 1300. The smallest absolute Gasteiger partial charge is 0.275 e. The van der Waals surface area contributed by atoms with Crippen molar-refractivity contribution in [3.05, 3.63) is 88.6 Å². The van der Waals surface area contributed by atoms with Crippen LogP contribution in [0, 0.1) is 13.8 Å². The number of carbonyl (C=O) groups is 2. The van der Waals surface area contributed by atoms with Crippen LogP contribution in [0.2, 0.25) is 0 Å². The Balaban J connectivity index is 1.80. The van der Waals surface area contributed by atoms with Crippen LogP contribution >= 0.6 is 0 Å². The monoisotopic (exact) mass is 429 g/mol. The van der Waals surface area contributed by atoms with Crippen LogP contribution in [0.25, 0.3) is 5.57 Å². The van der Waals surface area contributed by atoms with Crippen LogP contribution in [0.15, 0.2) is 66.4 Å². The Labute approximate surface area is 185 Å². The number of hydrazine groups is 1. The molecule has 4 rings (SSSR count). The Morgan fingerprint density at radius 1 is 0.969 bits per heavy atom. The maximum Gasteiger partial charge on any atom is 0.275 e. The Morgan fingerprint density at radius 3 is 2.38 bits per heavy atom. The predicted octanol–water partition coefficient (Wildman–Crippen LogP) is 4.14. The highest BCUT2D eigenvalue weighted by atomic mass is 16.3. The zero-order chi connectivity index (χ0) is 23.2. The highest BCUT2D eigenvalue weighted by Crippen LogP contribution is 2.43. The van der Waals surface area contributed by atoms with E-state index in [-0.39, 0.29) is 22.9 Å². The number of hydrogen-bond donors (Lipinski definition) is 3. The zero-order valence-electron chi connectivity index (χ0n) is 18.0. The molecule has 0 radical (unpaired) electrons. The summed E-state index contributed by atoms with van der Waals surface area (Å²) in [5.74, 6) is 4.52. The molecular weight excluding hydrogens is 406 g/mol. The van der Waals surface area contributed by atoms with Gasteiger partial charge in [0.25, 0.3) is 11.8 Å². The fourth-order valence-corrected chi connectivity index (χ4v) is 3.79. The lowest BCUT2D eigenvalue weighted by Crippen LogP contribution is -2.37. The summed E-state index contributed by atoms with van der Waals surface area (Å²) in [4.78, 5) is 28.1. The average Bonchev–Trinajstić information content (AvgIpc) is 3.06. The van der Waals surface area contributed by atoms with Crippen molar-refractivity contribution >= 4 is 28.8 Å². The molecule has 0 aromatic heterocycles. The number of nitrogens with zero attached hydrogens (tertiary/aromatic N) is 2. The summed E-state index contributed by atoms with van der Waals surface area (Å²) in [6.07, 6.45) is 0. The van der Waals surface area contributed by atoms with Crippen LogP contribution < -0.4 is 10.7 Å². The lowest BCUT2D eigenvalue weighted by Gasteiger charge is -2.21. The van der Waals surface area contributed by atoms with E-state index in [1.807, 2.05) is 56.3 Å². The van der Waals surface area contributed by atoms with Crippen LogP contribution in [0.4, 0.5) is 11.4 Å². The van der Waals surface area contributed by atoms with Gasteiger partial charge in [-0.25, -0.2) is 10.9 Å². The third-order valence-electron chi connectivity index (χ3n) is 5.73. The number of phenolic OH excluding ortho intramolecular Hbond substituents is 2. The van der Waals surface area contributed by atoms with Crippen molar-refractivity contribution < 1.29 is 19.8 Å². The van der Waals surface area contributed by atoms with E-state index in [1.165, 1.54) is 12.1 Å². The molecule has 2 amide bonds. The second-order valence-electron chi connectivity index (χ2n) is 7.76. The van der Waals surface area contributed by atoms with E-state index < -0.39 is 11.7 Å². The number of benzene rings is 3. The third-order valence-corrected chi connectivity index (χ3v) is 5.73. The van der Waals surface area contributed by atoms with Gasteiger partial charge in [0.15, 0.2) is 0 Å². The normalized spacial score (nSPS) is 14.4. The second-order valence-corrected chi connectivity index (χ2v) is 7.76. The van der Waals surface area contributed by atoms with E-state index >= 15 is 0 Å². The maximum absolute atomic E-state index is 13.6. The van der Waals surface area contributed by atoms with Gasteiger partial charge in [0.1, 0.15) is 11.5 Å². The maximum atomic E-state index is 13.6. The molecule has 0 saturated heterocycles. The number of allylic oxidation sites excluding steroid dienone is 1. The molecule has 0 aliphatic carbocycles. The fraction of sp³-hybridized carbons (Fsp3) is 0.120. The minimum absolute atomic E-state index is 0.0880. The molecule has 0 spiro atoms. The van der Waals surface area contributed by atoms with Gasteiger partial charge in [0, 0.05) is 23.0 Å². The molecule has 1 heterocycles. The van der Waals surface area contributed by atoms with E-state index in [1.54, 1.807) is 11.8 Å². The number of rotatable bonds is 3. The summed E-state index contributed by atoms with van der Waals surface area (Å²) in [5, 5.41) is 20.4. The molecule has 7 heteroatoms. The Morgan fingerprint density at radius 2 is 1.69 bits per heavy atom. The molecule has 7 nitrogen and oxygen atoms in total. The Kier molecular flexibility index (Phi) is 5.20. The number of anilines is 2. The van der Waals surface area contributed by atoms with Crippen molar-refractivity contribution in [2.45, 2.75) is 20.8 Å². The van der Waals surface area contributed by atoms with Gasteiger partial charge in [0.05, 0.1) is 16.8 Å². The van der Waals surface area contributed by atoms with E-state index in [0.717, 1.165) is 27.9 Å². The predicted molar refractivity (Wildman–Crippen MR) is 122 cm³/mol. The molecule has 32 heavy (non-hydrogen) atoms. The standard InChI is InChI=1S/C25H23N3O4/c1-14-8-9-17(12-15(14)2)27-21-7-5-4-6-19(21)23(25(27)32)16(3)28(26)24(31)20-11-10-18(29)13-22(20)30/h4-13,29-30H,26H2,1-3H3/b23-16+. The minimum Gasteiger partial charge on any atom is -0.508 e. The molecule has 1 aliphatic rings. The van der Waals surface area contributed by atoms with Crippen molar-refractivity contribution in [2.75, 3.05) is 4.90 Å². The van der Waals surface area contributed by atoms with Gasteiger partial charge < -0.3 is 10.2 Å². The number of aryl methyl sites for hydroxylation is 2. The van der Waals surface area contributed by atoms with E-state index in [4.69, 9.17) is 5.84 Å². The number of para-hydroxylation sites is 1. The molecule has 0 atom stereocenters. The Hall–Kier alpha value is -4.10. The van der Waals surface area contributed by atoms with Crippen LogP contribution in [-0.4, -0.2) is 27.0 Å². The van der Waals surface area contributed by atoms with Crippen molar-refractivity contribution in [1.29, 1.82) is 0 Å². The first-order valence-corrected chi connectivity index (χ1v) is 10.0. The quantitative estimate of drug-likeness (QED) is 0.251. The molecule has 0 fully saturated rings. The first-order valence-electron chi connectivity index (χ1n) is 10.0. The third kappa shape index (κ3) is 3.38. The van der Waals surface area contributed by atoms with Crippen molar-refractivity contribution in [3.8, 4) is 11.5 Å². The highest BCUT2D eigenvalue weighted by Gasteiger charge is 2.36. The lowest BCUT2D eigenvalue weighted by atomic mass is 10.0. The number of aromatic hydroxyl groups is 2. The van der Waals surface area contributed by atoms with Gasteiger partial charge in [-0.3, -0.25) is 14.5 Å². The summed E-state index contributed by atoms with van der Waals surface area (Å²) < 4.78 is 0. The number of hydrogen-bond acceptors (Lipinski definition) is 5. The van der Waals surface area contributed by atoms with Gasteiger partial charge in [-0.2, -0.15) is 0 Å². The zero-order valence-corrected chi connectivity index (χ0v) is 18.0. The fourth-order valence-electron chi connectivity index (χ4n) is 3.79. The van der Waals surface area contributed by atoms with E-state index in [2.05, 4.69) is 0 Å². The van der Waals surface area contributed by atoms with Gasteiger partial charge in [0.2, 0.25) is 0 Å². The average molecular weight is 429 g/mol. The van der Waals surface area contributed by atoms with Crippen molar-refractivity contribution in [3.63, 3.8) is 0 Å². The summed E-state index contributed by atoms with van der Waals surface area (Å²) in [5.41, 5.74) is 4.71. The molecule has 3 aromatic carbocycles. The van der Waals surface area contributed by atoms with Crippen LogP contribution in [-0.2, 0) is 4.79 Å². The van der Waals surface area contributed by atoms with E-state index in [9.17, 15) is 19.8 Å². The topological polar surface area (TPSA) is 107 Å². The molecule has 3 aromatic rings. The SMILES string of the molecule is C/C(=C1\C(=O)N(c2ccc(C)c(C)c2)c2ccccc21)N(N)C(=O)c1ccc(O)cc1O. The molecular formula is C25H23N3O4. The van der Waals surface area contributed by atoms with Crippen LogP contribution in [0.1, 0.15) is 34.0 Å². The summed E-state index contributed by atoms with van der Waals surface area (Å²) in [7, 11) is 0. The van der Waals surface area contributed by atoms with Gasteiger partial charge in [-0.1, -0.05) is 24.3 Å². The number of amides is 2. The number of fused-ring (bicyclic) bond motifs is 1. The molecule has 0 bridgehead atoms. The largest absolute Gasteiger partial charge is 0.508 e. The number of nitrogens with two attached hydrogens (primary N) is 1. The van der Waals surface area contributed by atoms with Crippen molar-refractivity contribution in [2.24, 2.45) is 5.84 Å². The second kappa shape index (κ2) is 7.86.